The number of fused-ring (bicyclic) bond motifs is 1. The third kappa shape index (κ3) is 6.18. The van der Waals surface area contributed by atoms with E-state index in [-0.39, 0.29) is 23.0 Å². The van der Waals surface area contributed by atoms with Gasteiger partial charge < -0.3 is 9.84 Å². The number of amides is 1. The average Bonchev–Trinajstić information content (AvgIpc) is 2.86. The first-order valence-electron chi connectivity index (χ1n) is 10.7. The summed E-state index contributed by atoms with van der Waals surface area (Å²) < 4.78 is 8.63. The predicted molar refractivity (Wildman–Crippen MR) is 159 cm³/mol. The summed E-state index contributed by atoms with van der Waals surface area (Å²) in [4.78, 5) is 30.5. The smallest absolute Gasteiger partial charge is 0.266 e. The van der Waals surface area contributed by atoms with Crippen molar-refractivity contribution in [2.75, 3.05) is 12.4 Å². The summed E-state index contributed by atoms with van der Waals surface area (Å²) >= 11 is 5.31. The monoisotopic (exact) mass is 726 g/mol. The third-order valence-electron chi connectivity index (χ3n) is 4.93. The van der Waals surface area contributed by atoms with Gasteiger partial charge in [-0.05, 0) is 101 Å². The molecular formula is C25H20I2N4O4S. The van der Waals surface area contributed by atoms with Crippen molar-refractivity contribution in [3.63, 3.8) is 0 Å². The molecule has 36 heavy (non-hydrogen) atoms. The van der Waals surface area contributed by atoms with Gasteiger partial charge in [-0.15, -0.1) is 0 Å². The number of benzene rings is 3. The molecule has 0 bridgehead atoms. The molecule has 1 aromatic heterocycles. The van der Waals surface area contributed by atoms with Crippen molar-refractivity contribution in [2.45, 2.75) is 12.1 Å². The zero-order valence-corrected chi connectivity index (χ0v) is 24.1. The van der Waals surface area contributed by atoms with Crippen molar-refractivity contribution >= 4 is 80.0 Å². The van der Waals surface area contributed by atoms with Crippen molar-refractivity contribution in [1.29, 1.82) is 0 Å². The number of nitrogens with zero attached hydrogens (tertiary/aromatic N) is 3. The molecule has 0 aliphatic heterocycles. The largest absolute Gasteiger partial charge is 0.506 e. The van der Waals surface area contributed by atoms with Gasteiger partial charge in [-0.3, -0.25) is 14.2 Å². The highest BCUT2D eigenvalue weighted by atomic mass is 127. The van der Waals surface area contributed by atoms with Crippen LogP contribution in [0.2, 0.25) is 0 Å². The highest BCUT2D eigenvalue weighted by molar-refractivity contribution is 14.1. The maximum atomic E-state index is 13.4. The fourth-order valence-corrected chi connectivity index (χ4v) is 6.01. The van der Waals surface area contributed by atoms with Crippen molar-refractivity contribution in [2.24, 2.45) is 5.10 Å². The van der Waals surface area contributed by atoms with Crippen molar-refractivity contribution < 1.29 is 14.6 Å². The third-order valence-corrected chi connectivity index (χ3v) is 7.32. The number of carbonyl (C=O) groups excluding carboxylic acids is 1. The van der Waals surface area contributed by atoms with Crippen molar-refractivity contribution in [3.8, 4) is 17.2 Å². The SMILES string of the molecule is CCOc1ccc(-n2c(SCC(=O)NN=Cc3cc(I)cc(I)c3O)nc3ccccc3c2=O)cc1. The Hall–Kier alpha value is -2.65. The molecule has 0 fully saturated rings. The van der Waals surface area contributed by atoms with Gasteiger partial charge >= 0.3 is 0 Å². The number of thioether (sulfide) groups is 1. The summed E-state index contributed by atoms with van der Waals surface area (Å²) in [6.07, 6.45) is 1.40. The van der Waals surface area contributed by atoms with Crippen LogP contribution in [0.15, 0.2) is 75.7 Å². The lowest BCUT2D eigenvalue weighted by atomic mass is 10.2. The number of hydrogen-bond donors (Lipinski definition) is 2. The minimum Gasteiger partial charge on any atom is -0.506 e. The Morgan fingerprint density at radius 3 is 2.69 bits per heavy atom. The number of rotatable bonds is 8. The normalized spacial score (nSPS) is 11.2. The molecule has 0 aliphatic carbocycles. The number of ether oxygens (including phenoxy) is 1. The van der Waals surface area contributed by atoms with Crippen molar-refractivity contribution in [1.82, 2.24) is 15.0 Å². The van der Waals surface area contributed by atoms with E-state index in [0.29, 0.717) is 43.2 Å². The number of aromatic nitrogens is 2. The van der Waals surface area contributed by atoms with Crippen LogP contribution in [0, 0.1) is 7.14 Å². The van der Waals surface area contributed by atoms with Gasteiger partial charge in [-0.1, -0.05) is 23.9 Å². The molecule has 0 radical (unpaired) electrons. The topological polar surface area (TPSA) is 106 Å². The van der Waals surface area contributed by atoms with Crippen LogP contribution in [-0.2, 0) is 4.79 Å². The first-order valence-corrected chi connectivity index (χ1v) is 13.9. The van der Waals surface area contributed by atoms with Crippen LogP contribution in [0.4, 0.5) is 0 Å². The Morgan fingerprint density at radius 2 is 1.94 bits per heavy atom. The fraction of sp³-hybridized carbons (Fsp3) is 0.120. The van der Waals surface area contributed by atoms with E-state index in [1.165, 1.54) is 10.8 Å². The van der Waals surface area contributed by atoms with Crippen LogP contribution in [0.1, 0.15) is 12.5 Å². The van der Waals surface area contributed by atoms with Gasteiger partial charge in [0.2, 0.25) is 0 Å². The number of hydrogen-bond acceptors (Lipinski definition) is 7. The number of para-hydroxylation sites is 1. The Morgan fingerprint density at radius 1 is 1.19 bits per heavy atom. The van der Waals surface area contributed by atoms with Gasteiger partial charge in [0, 0.05) is 9.13 Å². The van der Waals surface area contributed by atoms with E-state index in [2.05, 4.69) is 38.1 Å². The highest BCUT2D eigenvalue weighted by Crippen LogP contribution is 2.26. The minimum absolute atomic E-state index is 0.0189. The lowest BCUT2D eigenvalue weighted by Crippen LogP contribution is -2.24. The summed E-state index contributed by atoms with van der Waals surface area (Å²) in [5, 5.41) is 15.0. The zero-order chi connectivity index (χ0) is 25.7. The molecule has 3 aromatic carbocycles. The second-order valence-electron chi connectivity index (χ2n) is 7.39. The second kappa shape index (κ2) is 12.1. The minimum atomic E-state index is -0.378. The van der Waals surface area contributed by atoms with Crippen LogP contribution in [0.3, 0.4) is 0 Å². The molecule has 1 heterocycles. The van der Waals surface area contributed by atoms with Crippen LogP contribution in [0.5, 0.6) is 11.5 Å². The second-order valence-corrected chi connectivity index (χ2v) is 10.7. The quantitative estimate of drug-likeness (QED) is 0.0877. The van der Waals surface area contributed by atoms with Gasteiger partial charge in [-0.2, -0.15) is 5.10 Å². The number of nitrogens with one attached hydrogen (secondary N) is 1. The molecule has 11 heteroatoms. The van der Waals surface area contributed by atoms with E-state index in [9.17, 15) is 14.7 Å². The molecule has 4 rings (SSSR count). The Labute approximate surface area is 238 Å². The molecule has 8 nitrogen and oxygen atoms in total. The number of aromatic hydroxyl groups is 1. The van der Waals surface area contributed by atoms with Gasteiger partial charge in [0.1, 0.15) is 11.5 Å². The molecule has 0 atom stereocenters. The Balaban J connectivity index is 1.56. The van der Waals surface area contributed by atoms with E-state index in [0.717, 1.165) is 15.3 Å². The maximum Gasteiger partial charge on any atom is 0.266 e. The molecule has 0 unspecified atom stereocenters. The molecule has 0 spiro atoms. The molecular weight excluding hydrogens is 706 g/mol. The molecule has 2 N–H and O–H groups in total. The number of carbonyl (C=O) groups is 1. The fourth-order valence-electron chi connectivity index (χ4n) is 3.32. The van der Waals surface area contributed by atoms with E-state index in [1.54, 1.807) is 48.5 Å². The molecule has 4 aromatic rings. The molecule has 0 saturated carbocycles. The van der Waals surface area contributed by atoms with Crippen molar-refractivity contribution in [3.05, 3.63) is 83.7 Å². The molecule has 0 saturated heterocycles. The number of phenols is 1. The van der Waals surface area contributed by atoms with E-state index < -0.39 is 0 Å². The molecule has 0 aliphatic rings. The number of phenolic OH excluding ortho intramolecular Hbond substituents is 1. The van der Waals surface area contributed by atoms with Gasteiger partial charge in [-0.25, -0.2) is 10.4 Å². The standard InChI is InChI=1S/C25H20I2N4O4S/c1-2-35-18-9-7-17(8-10-18)31-24(34)19-5-3-4-6-21(19)29-25(31)36-14-22(32)30-28-13-15-11-16(26)12-20(27)23(15)33/h3-13,33H,2,14H2,1H3,(H,30,32). The Kier molecular flexibility index (Phi) is 8.85. The Bertz CT molecular complexity index is 1510. The predicted octanol–water partition coefficient (Wildman–Crippen LogP) is 4.94. The maximum absolute atomic E-state index is 13.4. The lowest BCUT2D eigenvalue weighted by molar-refractivity contribution is -0.118. The average molecular weight is 726 g/mol. The van der Waals surface area contributed by atoms with E-state index in [4.69, 9.17) is 4.74 Å². The lowest BCUT2D eigenvalue weighted by Gasteiger charge is -2.13. The first kappa shape index (κ1) is 26.4. The zero-order valence-electron chi connectivity index (χ0n) is 18.9. The molecule has 1 amide bonds. The summed E-state index contributed by atoms with van der Waals surface area (Å²) in [6.45, 7) is 2.44. The highest BCUT2D eigenvalue weighted by Gasteiger charge is 2.15. The summed E-state index contributed by atoms with van der Waals surface area (Å²) in [5.74, 6) is 0.401. The number of halogens is 2. The molecule has 184 valence electrons. The summed E-state index contributed by atoms with van der Waals surface area (Å²) in [6, 6.07) is 17.8. The van der Waals surface area contributed by atoms with Crippen LogP contribution in [-0.4, -0.2) is 39.1 Å². The van der Waals surface area contributed by atoms with E-state index in [1.807, 2.05) is 41.6 Å². The number of hydrazone groups is 1. The van der Waals surface area contributed by atoms with Gasteiger partial charge in [0.15, 0.2) is 5.16 Å². The van der Waals surface area contributed by atoms with E-state index >= 15 is 0 Å². The van der Waals surface area contributed by atoms with Crippen LogP contribution < -0.4 is 15.7 Å². The first-order chi connectivity index (χ1) is 17.4. The van der Waals surface area contributed by atoms with Crippen LogP contribution >= 0.6 is 56.9 Å². The van der Waals surface area contributed by atoms with Gasteiger partial charge in [0.25, 0.3) is 11.5 Å². The van der Waals surface area contributed by atoms with Crippen LogP contribution in [0.25, 0.3) is 16.6 Å². The van der Waals surface area contributed by atoms with Gasteiger partial charge in [0.05, 0.1) is 38.7 Å². The summed E-state index contributed by atoms with van der Waals surface area (Å²) in [7, 11) is 0. The summed E-state index contributed by atoms with van der Waals surface area (Å²) in [5.41, 5.74) is 3.90.